The average Bonchev–Trinajstić information content (AvgIpc) is 2.90. The number of aromatic nitrogens is 2. The van der Waals surface area contributed by atoms with E-state index in [0.717, 1.165) is 18.4 Å². The lowest BCUT2D eigenvalue weighted by molar-refractivity contribution is -0.116. The first-order chi connectivity index (χ1) is 9.20. The molecule has 3 nitrogen and oxygen atoms in total. The zero-order chi connectivity index (χ0) is 13.7. The molecule has 1 heterocycles. The van der Waals surface area contributed by atoms with Gasteiger partial charge in [0.15, 0.2) is 0 Å². The van der Waals surface area contributed by atoms with Crippen molar-refractivity contribution >= 4 is 5.78 Å². The Bertz CT molecular complexity index is 514. The number of hydrogen-bond donors (Lipinski definition) is 0. The Labute approximate surface area is 114 Å². The van der Waals surface area contributed by atoms with Gasteiger partial charge in [-0.05, 0) is 24.5 Å². The third kappa shape index (κ3) is 3.53. The third-order valence-electron chi connectivity index (χ3n) is 3.26. The summed E-state index contributed by atoms with van der Waals surface area (Å²) in [6.07, 6.45) is 8.41. The van der Waals surface area contributed by atoms with Crippen molar-refractivity contribution in [1.82, 2.24) is 9.55 Å². The van der Waals surface area contributed by atoms with Crippen molar-refractivity contribution in [2.75, 3.05) is 0 Å². The van der Waals surface area contributed by atoms with Gasteiger partial charge in [-0.3, -0.25) is 4.79 Å². The highest BCUT2D eigenvalue weighted by Gasteiger charge is 2.12. The van der Waals surface area contributed by atoms with Crippen molar-refractivity contribution in [3.63, 3.8) is 0 Å². The number of carbonyl (C=O) groups excluding carboxylic acids is 1. The molecule has 2 rings (SSSR count). The second-order valence-electron chi connectivity index (χ2n) is 4.93. The molecule has 19 heavy (non-hydrogen) atoms. The van der Waals surface area contributed by atoms with E-state index >= 15 is 0 Å². The molecule has 0 radical (unpaired) electrons. The van der Waals surface area contributed by atoms with Crippen LogP contribution in [0.2, 0.25) is 0 Å². The van der Waals surface area contributed by atoms with E-state index in [1.807, 2.05) is 18.7 Å². The lowest BCUT2D eigenvalue weighted by Crippen LogP contribution is -2.08. The van der Waals surface area contributed by atoms with E-state index in [-0.39, 0.29) is 5.78 Å². The van der Waals surface area contributed by atoms with Gasteiger partial charge < -0.3 is 4.57 Å². The predicted molar refractivity (Wildman–Crippen MR) is 76.1 cm³/mol. The lowest BCUT2D eigenvalue weighted by Gasteiger charge is -2.18. The predicted octanol–water partition coefficient (Wildman–Crippen LogP) is 3.40. The molecule has 0 amide bonds. The molecule has 0 saturated heterocycles. The molecular formula is C16H20N2O. The summed E-state index contributed by atoms with van der Waals surface area (Å²) in [6, 6.07) is 8.68. The molecule has 0 aliphatic rings. The summed E-state index contributed by atoms with van der Waals surface area (Å²) in [5, 5.41) is 0. The van der Waals surface area contributed by atoms with E-state index in [2.05, 4.69) is 40.7 Å². The second-order valence-corrected chi connectivity index (χ2v) is 4.93. The van der Waals surface area contributed by atoms with Crippen molar-refractivity contribution in [3.8, 4) is 0 Å². The van der Waals surface area contributed by atoms with Gasteiger partial charge in [0.1, 0.15) is 5.78 Å². The number of carbonyl (C=O) groups is 1. The third-order valence-corrected chi connectivity index (χ3v) is 3.26. The van der Waals surface area contributed by atoms with Crippen LogP contribution < -0.4 is 0 Å². The minimum atomic E-state index is 0.201. The molecule has 0 N–H and O–H groups in total. The minimum absolute atomic E-state index is 0.201. The Morgan fingerprint density at radius 2 is 2.05 bits per heavy atom. The number of Topliss-reactive ketones (excluding diaryl/α,β-unsaturated/α-hetero) is 1. The highest BCUT2D eigenvalue weighted by atomic mass is 16.1. The van der Waals surface area contributed by atoms with Gasteiger partial charge in [0.2, 0.25) is 0 Å². The SMILES string of the molecule is CCCC(c1ccc(CC(C)=O)cc1)n1ccnc1. The van der Waals surface area contributed by atoms with Gasteiger partial charge in [0.25, 0.3) is 0 Å². The summed E-state index contributed by atoms with van der Waals surface area (Å²) in [5.41, 5.74) is 2.35. The first kappa shape index (κ1) is 13.5. The quantitative estimate of drug-likeness (QED) is 0.794. The summed E-state index contributed by atoms with van der Waals surface area (Å²) < 4.78 is 2.14. The molecule has 1 unspecified atom stereocenters. The molecule has 1 aromatic carbocycles. The maximum absolute atomic E-state index is 11.1. The Balaban J connectivity index is 2.20. The van der Waals surface area contributed by atoms with Crippen molar-refractivity contribution in [2.45, 2.75) is 39.2 Å². The largest absolute Gasteiger partial charge is 0.330 e. The summed E-state index contributed by atoms with van der Waals surface area (Å²) >= 11 is 0. The number of nitrogens with zero attached hydrogens (tertiary/aromatic N) is 2. The highest BCUT2D eigenvalue weighted by Crippen LogP contribution is 2.23. The number of imidazole rings is 1. The van der Waals surface area contributed by atoms with Crippen molar-refractivity contribution < 1.29 is 4.79 Å². The standard InChI is InChI=1S/C16H20N2O/c1-3-4-16(18-10-9-17-12-18)15-7-5-14(6-8-15)11-13(2)19/h5-10,12,16H,3-4,11H2,1-2H3. The monoisotopic (exact) mass is 256 g/mol. The van der Waals surface area contributed by atoms with Crippen LogP contribution in [0.5, 0.6) is 0 Å². The molecule has 0 saturated carbocycles. The number of hydrogen-bond acceptors (Lipinski definition) is 2. The lowest BCUT2D eigenvalue weighted by atomic mass is 9.99. The van der Waals surface area contributed by atoms with E-state index in [0.29, 0.717) is 12.5 Å². The first-order valence-corrected chi connectivity index (χ1v) is 6.76. The topological polar surface area (TPSA) is 34.9 Å². The Morgan fingerprint density at radius 3 is 2.58 bits per heavy atom. The Hall–Kier alpha value is -1.90. The van der Waals surface area contributed by atoms with Crippen LogP contribution in [0, 0.1) is 0 Å². The van der Waals surface area contributed by atoms with Gasteiger partial charge in [-0.15, -0.1) is 0 Å². The number of benzene rings is 1. The van der Waals surface area contributed by atoms with Gasteiger partial charge in [0.05, 0.1) is 12.4 Å². The molecule has 100 valence electrons. The maximum Gasteiger partial charge on any atom is 0.134 e. The summed E-state index contributed by atoms with van der Waals surface area (Å²) in [4.78, 5) is 15.2. The molecule has 0 spiro atoms. The molecule has 1 aromatic heterocycles. The smallest absolute Gasteiger partial charge is 0.134 e. The zero-order valence-electron chi connectivity index (χ0n) is 11.5. The van der Waals surface area contributed by atoms with Crippen LogP contribution in [-0.2, 0) is 11.2 Å². The van der Waals surface area contributed by atoms with Crippen LogP contribution in [-0.4, -0.2) is 15.3 Å². The number of ketones is 1. The van der Waals surface area contributed by atoms with Crippen molar-refractivity contribution in [3.05, 3.63) is 54.1 Å². The Morgan fingerprint density at radius 1 is 1.32 bits per heavy atom. The number of rotatable bonds is 6. The van der Waals surface area contributed by atoms with Crippen LogP contribution >= 0.6 is 0 Å². The molecule has 0 fully saturated rings. The van der Waals surface area contributed by atoms with E-state index in [1.54, 1.807) is 6.92 Å². The van der Waals surface area contributed by atoms with E-state index in [9.17, 15) is 4.79 Å². The van der Waals surface area contributed by atoms with E-state index in [1.165, 1.54) is 5.56 Å². The van der Waals surface area contributed by atoms with Gasteiger partial charge in [-0.25, -0.2) is 4.98 Å². The van der Waals surface area contributed by atoms with Crippen LogP contribution in [0.1, 0.15) is 43.9 Å². The summed E-state index contributed by atoms with van der Waals surface area (Å²) in [7, 11) is 0. The second kappa shape index (κ2) is 6.32. The van der Waals surface area contributed by atoms with Crippen LogP contribution in [0.3, 0.4) is 0 Å². The van der Waals surface area contributed by atoms with Gasteiger partial charge >= 0.3 is 0 Å². The summed E-state index contributed by atoms with van der Waals surface area (Å²) in [5.74, 6) is 0.201. The van der Waals surface area contributed by atoms with Gasteiger partial charge in [-0.2, -0.15) is 0 Å². The van der Waals surface area contributed by atoms with Crippen LogP contribution in [0.4, 0.5) is 0 Å². The van der Waals surface area contributed by atoms with E-state index < -0.39 is 0 Å². The maximum atomic E-state index is 11.1. The van der Waals surface area contributed by atoms with Crippen molar-refractivity contribution in [1.29, 1.82) is 0 Å². The molecule has 0 aliphatic heterocycles. The molecule has 2 aromatic rings. The highest BCUT2D eigenvalue weighted by molar-refractivity contribution is 5.78. The minimum Gasteiger partial charge on any atom is -0.330 e. The first-order valence-electron chi connectivity index (χ1n) is 6.76. The Kier molecular flexibility index (Phi) is 4.50. The summed E-state index contributed by atoms with van der Waals surface area (Å²) in [6.45, 7) is 3.81. The van der Waals surface area contributed by atoms with E-state index in [4.69, 9.17) is 0 Å². The molecule has 3 heteroatoms. The molecular weight excluding hydrogens is 236 g/mol. The van der Waals surface area contributed by atoms with Crippen LogP contribution in [0.15, 0.2) is 43.0 Å². The fourth-order valence-electron chi connectivity index (χ4n) is 2.36. The zero-order valence-corrected chi connectivity index (χ0v) is 11.5. The van der Waals surface area contributed by atoms with Crippen LogP contribution in [0.25, 0.3) is 0 Å². The molecule has 0 bridgehead atoms. The fraction of sp³-hybridized carbons (Fsp3) is 0.375. The van der Waals surface area contributed by atoms with Gasteiger partial charge in [0, 0.05) is 18.8 Å². The fourth-order valence-corrected chi connectivity index (χ4v) is 2.36. The molecule has 0 aliphatic carbocycles. The average molecular weight is 256 g/mol. The van der Waals surface area contributed by atoms with Crippen molar-refractivity contribution in [2.24, 2.45) is 0 Å². The molecule has 1 atom stereocenters. The normalized spacial score (nSPS) is 12.3. The van der Waals surface area contributed by atoms with Gasteiger partial charge in [-0.1, -0.05) is 37.6 Å².